The Labute approximate surface area is 177 Å². The normalized spacial score (nSPS) is 18.7. The summed E-state index contributed by atoms with van der Waals surface area (Å²) < 4.78 is 0. The van der Waals surface area contributed by atoms with Crippen LogP contribution in [0.2, 0.25) is 0 Å². The van der Waals surface area contributed by atoms with Gasteiger partial charge in [-0.15, -0.1) is 12.4 Å². The molecule has 0 unspecified atom stereocenters. The second-order valence-electron chi connectivity index (χ2n) is 7.56. The third-order valence-corrected chi connectivity index (χ3v) is 5.45. The van der Waals surface area contributed by atoms with Crippen LogP contribution in [-0.2, 0) is 0 Å². The Balaban J connectivity index is 0.00000240. The molecule has 6 heteroatoms. The average Bonchev–Trinajstić information content (AvgIpc) is 2.69. The minimum Gasteiger partial charge on any atom is -0.508 e. The predicted octanol–water partition coefficient (Wildman–Crippen LogP) is 4.82. The Bertz CT molecular complexity index is 1000. The SMILES string of the molecule is Cc1cc(N[C@H]2CC[C@@H](NC(=O)c3cccc(O)c3)CC2)nc2ccccc12.Cl. The van der Waals surface area contributed by atoms with E-state index in [-0.39, 0.29) is 30.1 Å². The number of nitrogens with zero attached hydrogens (tertiary/aromatic N) is 1. The number of halogens is 1. The standard InChI is InChI=1S/C23H25N3O2.ClH/c1-15-13-22(26-21-8-3-2-7-20(15)21)24-17-9-11-18(12-10-17)25-23(28)16-5-4-6-19(27)14-16;/h2-8,13-14,17-18,27H,9-12H2,1H3,(H,24,26)(H,25,28);1H/t17-,18+;. The van der Waals surface area contributed by atoms with Gasteiger partial charge in [0.15, 0.2) is 0 Å². The molecule has 0 saturated heterocycles. The van der Waals surface area contributed by atoms with E-state index in [1.54, 1.807) is 18.2 Å². The molecule has 1 aliphatic rings. The summed E-state index contributed by atoms with van der Waals surface area (Å²) in [5.41, 5.74) is 2.73. The summed E-state index contributed by atoms with van der Waals surface area (Å²) in [6, 6.07) is 17.3. The summed E-state index contributed by atoms with van der Waals surface area (Å²) in [7, 11) is 0. The zero-order valence-electron chi connectivity index (χ0n) is 16.4. The molecule has 3 aromatic rings. The van der Waals surface area contributed by atoms with Crippen molar-refractivity contribution in [2.45, 2.75) is 44.7 Å². The summed E-state index contributed by atoms with van der Waals surface area (Å²) in [5, 5.41) is 17.4. The molecule has 1 saturated carbocycles. The van der Waals surface area contributed by atoms with E-state index in [9.17, 15) is 9.90 Å². The predicted molar refractivity (Wildman–Crippen MR) is 119 cm³/mol. The lowest BCUT2D eigenvalue weighted by atomic mass is 9.91. The van der Waals surface area contributed by atoms with Crippen molar-refractivity contribution < 1.29 is 9.90 Å². The average molecular weight is 412 g/mol. The number of para-hydroxylation sites is 1. The molecule has 0 radical (unpaired) electrons. The molecule has 0 aliphatic heterocycles. The molecule has 1 amide bonds. The van der Waals surface area contributed by atoms with Crippen LogP contribution in [0.4, 0.5) is 5.82 Å². The van der Waals surface area contributed by atoms with Gasteiger partial charge in [-0.25, -0.2) is 4.98 Å². The van der Waals surface area contributed by atoms with Crippen LogP contribution >= 0.6 is 12.4 Å². The number of rotatable bonds is 4. The van der Waals surface area contributed by atoms with Gasteiger partial charge in [-0.05, 0) is 68.5 Å². The highest BCUT2D eigenvalue weighted by Gasteiger charge is 2.23. The highest BCUT2D eigenvalue weighted by molar-refractivity contribution is 5.94. The Morgan fingerprint density at radius 2 is 1.72 bits per heavy atom. The number of carbonyl (C=O) groups is 1. The smallest absolute Gasteiger partial charge is 0.251 e. The summed E-state index contributed by atoms with van der Waals surface area (Å²) in [5.74, 6) is 0.904. The van der Waals surface area contributed by atoms with Crippen LogP contribution in [0.15, 0.2) is 54.6 Å². The number of aryl methyl sites for hydroxylation is 1. The van der Waals surface area contributed by atoms with E-state index in [4.69, 9.17) is 4.98 Å². The van der Waals surface area contributed by atoms with Crippen molar-refractivity contribution in [3.8, 4) is 5.75 Å². The van der Waals surface area contributed by atoms with Gasteiger partial charge in [0.2, 0.25) is 0 Å². The number of benzene rings is 2. The number of aromatic hydroxyl groups is 1. The highest BCUT2D eigenvalue weighted by Crippen LogP contribution is 2.25. The molecule has 0 bridgehead atoms. The fourth-order valence-corrected chi connectivity index (χ4v) is 3.93. The number of hydrogen-bond acceptors (Lipinski definition) is 4. The van der Waals surface area contributed by atoms with Gasteiger partial charge in [0, 0.05) is 23.0 Å². The first-order valence-electron chi connectivity index (χ1n) is 9.81. The second-order valence-corrected chi connectivity index (χ2v) is 7.56. The van der Waals surface area contributed by atoms with Crippen molar-refractivity contribution in [3.63, 3.8) is 0 Å². The third-order valence-electron chi connectivity index (χ3n) is 5.45. The van der Waals surface area contributed by atoms with Crippen molar-refractivity contribution in [3.05, 3.63) is 65.7 Å². The summed E-state index contributed by atoms with van der Waals surface area (Å²) in [6.45, 7) is 2.11. The number of nitrogens with one attached hydrogen (secondary N) is 2. The summed E-state index contributed by atoms with van der Waals surface area (Å²) in [6.07, 6.45) is 3.82. The molecule has 0 spiro atoms. The van der Waals surface area contributed by atoms with Crippen molar-refractivity contribution >= 4 is 35.0 Å². The van der Waals surface area contributed by atoms with Gasteiger partial charge < -0.3 is 15.7 Å². The first-order valence-corrected chi connectivity index (χ1v) is 9.81. The molecule has 1 fully saturated rings. The molecular weight excluding hydrogens is 386 g/mol. The number of phenolic OH excluding ortho intramolecular Hbond substituents is 1. The Morgan fingerprint density at radius 3 is 2.48 bits per heavy atom. The molecule has 4 rings (SSSR count). The molecule has 1 aliphatic carbocycles. The Hall–Kier alpha value is -2.79. The fraction of sp³-hybridized carbons (Fsp3) is 0.304. The van der Waals surface area contributed by atoms with Gasteiger partial charge in [-0.3, -0.25) is 4.79 Å². The van der Waals surface area contributed by atoms with Gasteiger partial charge in [-0.2, -0.15) is 0 Å². The zero-order valence-corrected chi connectivity index (χ0v) is 17.2. The number of anilines is 1. The number of fused-ring (bicyclic) bond motifs is 1. The lowest BCUT2D eigenvalue weighted by Gasteiger charge is -2.30. The van der Waals surface area contributed by atoms with E-state index >= 15 is 0 Å². The topological polar surface area (TPSA) is 74.2 Å². The number of carbonyl (C=O) groups excluding carboxylic acids is 1. The van der Waals surface area contributed by atoms with Crippen LogP contribution < -0.4 is 10.6 Å². The number of phenols is 1. The number of aromatic nitrogens is 1. The number of pyridine rings is 1. The van der Waals surface area contributed by atoms with Crippen LogP contribution in [0.25, 0.3) is 10.9 Å². The van der Waals surface area contributed by atoms with E-state index < -0.39 is 0 Å². The molecule has 2 aromatic carbocycles. The second kappa shape index (κ2) is 9.14. The van der Waals surface area contributed by atoms with E-state index in [0.29, 0.717) is 11.6 Å². The van der Waals surface area contributed by atoms with Crippen LogP contribution in [0, 0.1) is 6.92 Å². The van der Waals surface area contributed by atoms with Crippen LogP contribution in [0.1, 0.15) is 41.6 Å². The lowest BCUT2D eigenvalue weighted by molar-refractivity contribution is 0.0926. The van der Waals surface area contributed by atoms with Crippen molar-refractivity contribution in [1.29, 1.82) is 0 Å². The molecule has 1 aromatic heterocycles. The van der Waals surface area contributed by atoms with Crippen molar-refractivity contribution in [2.24, 2.45) is 0 Å². The lowest BCUT2D eigenvalue weighted by Crippen LogP contribution is -2.40. The largest absolute Gasteiger partial charge is 0.508 e. The van der Waals surface area contributed by atoms with Gasteiger partial charge >= 0.3 is 0 Å². The fourth-order valence-electron chi connectivity index (χ4n) is 3.93. The van der Waals surface area contributed by atoms with E-state index in [1.165, 1.54) is 17.0 Å². The maximum Gasteiger partial charge on any atom is 0.251 e. The zero-order chi connectivity index (χ0) is 19.5. The molecule has 1 heterocycles. The first kappa shape index (κ1) is 20.9. The van der Waals surface area contributed by atoms with Crippen molar-refractivity contribution in [1.82, 2.24) is 10.3 Å². The summed E-state index contributed by atoms with van der Waals surface area (Å²) >= 11 is 0. The molecule has 5 nitrogen and oxygen atoms in total. The summed E-state index contributed by atoms with van der Waals surface area (Å²) in [4.78, 5) is 17.1. The van der Waals surface area contributed by atoms with Crippen LogP contribution in [0.3, 0.4) is 0 Å². The van der Waals surface area contributed by atoms with Gasteiger partial charge in [-0.1, -0.05) is 24.3 Å². The van der Waals surface area contributed by atoms with Gasteiger partial charge in [0.25, 0.3) is 5.91 Å². The monoisotopic (exact) mass is 411 g/mol. The molecule has 29 heavy (non-hydrogen) atoms. The first-order chi connectivity index (χ1) is 13.6. The van der Waals surface area contributed by atoms with E-state index in [1.807, 2.05) is 18.2 Å². The van der Waals surface area contributed by atoms with E-state index in [0.717, 1.165) is 37.0 Å². The molecule has 3 N–H and O–H groups in total. The number of amides is 1. The number of hydrogen-bond donors (Lipinski definition) is 3. The van der Waals surface area contributed by atoms with Crippen LogP contribution in [-0.4, -0.2) is 28.1 Å². The molecule has 0 atom stereocenters. The Kier molecular flexibility index (Phi) is 6.60. The van der Waals surface area contributed by atoms with E-state index in [2.05, 4.69) is 29.7 Å². The minimum atomic E-state index is -0.126. The maximum absolute atomic E-state index is 12.4. The van der Waals surface area contributed by atoms with Crippen LogP contribution in [0.5, 0.6) is 5.75 Å². The maximum atomic E-state index is 12.4. The van der Waals surface area contributed by atoms with Gasteiger partial charge in [0.1, 0.15) is 11.6 Å². The molecule has 152 valence electrons. The third kappa shape index (κ3) is 4.98. The van der Waals surface area contributed by atoms with Gasteiger partial charge in [0.05, 0.1) is 5.52 Å². The minimum absolute atomic E-state index is 0. The quantitative estimate of drug-likeness (QED) is 0.575. The highest BCUT2D eigenvalue weighted by atomic mass is 35.5. The Morgan fingerprint density at radius 1 is 1.00 bits per heavy atom. The molecular formula is C23H26ClN3O2. The van der Waals surface area contributed by atoms with Crippen molar-refractivity contribution in [2.75, 3.05) is 5.32 Å².